The van der Waals surface area contributed by atoms with Crippen LogP contribution in [0.1, 0.15) is 145 Å². The molecule has 6 N–H and O–H groups in total. The van der Waals surface area contributed by atoms with Crippen molar-refractivity contribution >= 4 is 76.9 Å². The number of fused-ring (bicyclic) bond motifs is 4. The van der Waals surface area contributed by atoms with Crippen LogP contribution in [0.25, 0.3) is 0 Å². The van der Waals surface area contributed by atoms with Crippen molar-refractivity contribution in [3.05, 3.63) is 107 Å². The van der Waals surface area contributed by atoms with Gasteiger partial charge in [0.1, 0.15) is 58.7 Å². The zero-order chi connectivity index (χ0) is 57.0. The lowest BCUT2D eigenvalue weighted by atomic mass is 10.0. The molecule has 6 amide bonds. The van der Waals surface area contributed by atoms with Gasteiger partial charge in [-0.3, -0.25) is 33.6 Å². The van der Waals surface area contributed by atoms with Crippen molar-refractivity contribution in [1.82, 2.24) is 41.9 Å². The normalized spacial score (nSPS) is 20.7. The Hall–Kier alpha value is -6.75. The average molecular weight is 1110 g/mol. The molecule has 2 aromatic rings. The van der Waals surface area contributed by atoms with E-state index in [1.165, 1.54) is 44.2 Å². The van der Waals surface area contributed by atoms with E-state index >= 15 is 0 Å². The molecule has 2 aliphatic heterocycles. The van der Waals surface area contributed by atoms with Crippen molar-refractivity contribution in [3.63, 3.8) is 0 Å². The molecule has 0 unspecified atom stereocenters. The second-order valence-corrected chi connectivity index (χ2v) is 20.1. The molecule has 4 atom stereocenters. The number of hydrogen-bond acceptors (Lipinski definition) is 15. The Labute approximate surface area is 458 Å². The van der Waals surface area contributed by atoms with Crippen molar-refractivity contribution < 1.29 is 61.4 Å². The second kappa shape index (κ2) is 34.1. The molecule has 2 aliphatic rings. The van der Waals surface area contributed by atoms with E-state index in [0.717, 1.165) is 49.9 Å². The summed E-state index contributed by atoms with van der Waals surface area (Å²) in [4.78, 5) is 123. The third kappa shape index (κ3) is 23.6. The maximum absolute atomic E-state index is 14.3. The minimum Gasteiger partial charge on any atom is -0.456 e. The number of halogens is 2. The van der Waals surface area contributed by atoms with Gasteiger partial charge in [0.05, 0.1) is 37.3 Å². The van der Waals surface area contributed by atoms with Crippen LogP contribution in [0.2, 0.25) is 0 Å². The number of pyridine rings is 2. The molecule has 0 spiro atoms. The molecule has 0 saturated heterocycles. The SMILES string of the molecule is C/C=C1\NC(=O)c2cc(F)cc(n2)CNC(=O)C[C@@H](/C=C/CCS)OC(=O)[C@H](C(C)C)NC1=O.C/C=C1\NC(=O)c2cc(F)cc(n2)CNC(=O)C[C@@H](/C=C/CCSC(=O)CCCCCCC)OC(=O)[C@H](C(C)C)NC1=O. The van der Waals surface area contributed by atoms with Crippen molar-refractivity contribution in [1.29, 1.82) is 0 Å². The van der Waals surface area contributed by atoms with Crippen LogP contribution in [0.3, 0.4) is 0 Å². The predicted octanol–water partition coefficient (Wildman–Crippen LogP) is 6.30. The van der Waals surface area contributed by atoms with Gasteiger partial charge in [-0.15, -0.1) is 0 Å². The van der Waals surface area contributed by atoms with Gasteiger partial charge < -0.3 is 41.4 Å². The fourth-order valence-electron chi connectivity index (χ4n) is 7.23. The Bertz CT molecular complexity index is 2540. The summed E-state index contributed by atoms with van der Waals surface area (Å²) in [6.45, 7) is 11.7. The molecule has 420 valence electrons. The van der Waals surface area contributed by atoms with Gasteiger partial charge in [0.2, 0.25) is 11.8 Å². The number of hydrogen-bond donors (Lipinski definition) is 7. The number of thioether (sulfide) groups is 1. The number of rotatable bonds is 15. The summed E-state index contributed by atoms with van der Waals surface area (Å²) in [5.74, 6) is -6.65. The first-order chi connectivity index (χ1) is 36.7. The summed E-state index contributed by atoms with van der Waals surface area (Å²) in [5, 5.41) is 15.3. The lowest BCUT2D eigenvalue weighted by Crippen LogP contribution is -2.48. The highest BCUT2D eigenvalue weighted by atomic mass is 32.2. The molecule has 77 heavy (non-hydrogen) atoms. The van der Waals surface area contributed by atoms with E-state index in [2.05, 4.69) is 61.4 Å². The molecule has 2 aromatic heterocycles. The van der Waals surface area contributed by atoms with Crippen LogP contribution in [0.15, 0.2) is 72.1 Å². The number of aromatic nitrogens is 2. The summed E-state index contributed by atoms with van der Waals surface area (Å²) in [6, 6.07) is 1.87. The monoisotopic (exact) mass is 1110 g/mol. The van der Waals surface area contributed by atoms with Gasteiger partial charge in [0.25, 0.3) is 23.6 Å². The highest BCUT2D eigenvalue weighted by molar-refractivity contribution is 8.13. The maximum atomic E-state index is 14.3. The number of nitrogens with one attached hydrogen (secondary N) is 6. The van der Waals surface area contributed by atoms with Crippen LogP contribution in [0.4, 0.5) is 8.78 Å². The van der Waals surface area contributed by atoms with E-state index < -0.39 is 83.3 Å². The Morgan fingerprint density at radius 1 is 0.675 bits per heavy atom. The van der Waals surface area contributed by atoms with E-state index in [9.17, 15) is 51.9 Å². The van der Waals surface area contributed by atoms with Crippen LogP contribution in [-0.2, 0) is 56.1 Å². The van der Waals surface area contributed by atoms with E-state index in [0.29, 0.717) is 30.8 Å². The third-order valence-corrected chi connectivity index (χ3v) is 12.6. The van der Waals surface area contributed by atoms with Crippen LogP contribution < -0.4 is 31.9 Å². The predicted molar refractivity (Wildman–Crippen MR) is 289 cm³/mol. The smallest absolute Gasteiger partial charge is 0.329 e. The summed E-state index contributed by atoms with van der Waals surface area (Å²) >= 11 is 5.39. The largest absolute Gasteiger partial charge is 0.456 e. The molecular weight excluding hydrogens is 1040 g/mol. The maximum Gasteiger partial charge on any atom is 0.329 e. The number of amides is 6. The van der Waals surface area contributed by atoms with Gasteiger partial charge >= 0.3 is 11.9 Å². The molecule has 0 fully saturated rings. The van der Waals surface area contributed by atoms with Crippen molar-refractivity contribution in [2.24, 2.45) is 11.8 Å². The molecular formula is C54H72F2N8O11S2. The highest BCUT2D eigenvalue weighted by Gasteiger charge is 2.32. The molecule has 0 saturated carbocycles. The topological polar surface area (TPSA) is 270 Å². The highest BCUT2D eigenvalue weighted by Crippen LogP contribution is 2.17. The number of allylic oxidation sites excluding steroid dienone is 4. The molecule has 4 rings (SSSR count). The fraction of sp³-hybridized carbons (Fsp3) is 0.500. The molecule has 0 radical (unpaired) electrons. The van der Waals surface area contributed by atoms with Gasteiger partial charge in [-0.1, -0.05) is 96.4 Å². The number of esters is 2. The van der Waals surface area contributed by atoms with E-state index in [4.69, 9.17) is 9.47 Å². The summed E-state index contributed by atoms with van der Waals surface area (Å²) in [6.07, 6.45) is 14.1. The molecule has 23 heteroatoms. The van der Waals surface area contributed by atoms with E-state index in [-0.39, 0.29) is 77.1 Å². The first-order valence-electron chi connectivity index (χ1n) is 25.6. The summed E-state index contributed by atoms with van der Waals surface area (Å²) in [7, 11) is 0. The molecule has 0 aromatic carbocycles. The Morgan fingerprint density at radius 2 is 1.12 bits per heavy atom. The van der Waals surface area contributed by atoms with Gasteiger partial charge in [0.15, 0.2) is 5.12 Å². The van der Waals surface area contributed by atoms with Gasteiger partial charge in [0, 0.05) is 24.3 Å². The lowest BCUT2D eigenvalue weighted by Gasteiger charge is -2.24. The van der Waals surface area contributed by atoms with Crippen molar-refractivity contribution in [3.8, 4) is 0 Å². The second-order valence-electron chi connectivity index (χ2n) is 18.5. The number of cyclic esters (lactones) is 2. The Kier molecular flexibility index (Phi) is 28.6. The van der Waals surface area contributed by atoms with Gasteiger partial charge in [-0.25, -0.2) is 28.3 Å². The van der Waals surface area contributed by atoms with Crippen molar-refractivity contribution in [2.75, 3.05) is 11.5 Å². The minimum absolute atomic E-state index is 0.0908. The van der Waals surface area contributed by atoms with E-state index in [1.807, 2.05) is 0 Å². The van der Waals surface area contributed by atoms with Gasteiger partial charge in [-0.05, 0) is 75.0 Å². The Morgan fingerprint density at radius 3 is 1.53 bits per heavy atom. The molecule has 19 nitrogen and oxygen atoms in total. The zero-order valence-electron chi connectivity index (χ0n) is 44.6. The van der Waals surface area contributed by atoms with Crippen LogP contribution in [0.5, 0.6) is 0 Å². The van der Waals surface area contributed by atoms with Crippen LogP contribution >= 0.6 is 24.4 Å². The average Bonchev–Trinajstić information content (AvgIpc) is 3.37. The first-order valence-corrected chi connectivity index (χ1v) is 27.2. The molecule has 0 aliphatic carbocycles. The van der Waals surface area contributed by atoms with E-state index in [1.54, 1.807) is 52.0 Å². The molecule has 4 heterocycles. The quantitative estimate of drug-likeness (QED) is 0.0340. The standard InChI is InChI=1S/C31H43FN4O6S.C23H29FN4O5S/c1-5-7-8-9-10-14-27(38)43-15-12-11-13-23-18-26(37)33-19-22-16-21(32)17-25(34-22)30(40)35-24(6-2)29(39)36-28(20(3)4)31(41)42-23;1-4-17-21(30)28-20(13(2)3)23(32)33-16(7-5-6-8-34)11-19(29)25-12-15-9-14(24)10-18(26-15)22(31)27-17/h6,11,13,16-17,20,23,28H,5,7-10,12,14-15,18-19H2,1-4H3,(H,33,37)(H,35,40)(H,36,39);4-5,7,9-10,13,16,20,34H,6,8,11-12H2,1-3H3,(H,25,29)(H,27,31)(H,28,30)/b13-11+,24-6-;7-5+,17-4-/t23-,28+;16-,20+/m11/s1. The van der Waals surface area contributed by atoms with Crippen LogP contribution in [0, 0.1) is 23.5 Å². The van der Waals surface area contributed by atoms with Crippen molar-refractivity contribution in [2.45, 2.75) is 150 Å². The minimum atomic E-state index is -1.09. The molecule has 4 bridgehead atoms. The number of thiol groups is 1. The number of nitrogens with zero attached hydrogens (tertiary/aromatic N) is 2. The third-order valence-electron chi connectivity index (χ3n) is 11.4. The van der Waals surface area contributed by atoms with Crippen LogP contribution in [-0.4, -0.2) is 98.3 Å². The lowest BCUT2D eigenvalue weighted by molar-refractivity contribution is -0.153. The number of ether oxygens (including phenoxy) is 2. The summed E-state index contributed by atoms with van der Waals surface area (Å²) in [5.41, 5.74) is -0.639. The number of carbonyl (C=O) groups excluding carboxylic acids is 9. The van der Waals surface area contributed by atoms with Gasteiger partial charge in [-0.2, -0.15) is 12.6 Å². The number of unbranched alkanes of at least 4 members (excludes halogenated alkanes) is 4. The first kappa shape index (κ1) is 64.5. The zero-order valence-corrected chi connectivity index (χ0v) is 46.3. The number of carbonyl (C=O) groups is 9. The fourth-order valence-corrected chi connectivity index (χ4v) is 8.15. The summed E-state index contributed by atoms with van der Waals surface area (Å²) < 4.78 is 39.5. The Balaban J connectivity index is 0.000000416.